The molecule has 0 fully saturated rings. The highest BCUT2D eigenvalue weighted by molar-refractivity contribution is 6.01. The number of hydrogen-bond acceptors (Lipinski definition) is 2. The molecule has 0 bridgehead atoms. The number of nitrogens with zero attached hydrogens (tertiary/aromatic N) is 1. The van der Waals surface area contributed by atoms with E-state index < -0.39 is 0 Å². The summed E-state index contributed by atoms with van der Waals surface area (Å²) in [5.74, 6) is 0.871. The molecule has 16 heavy (non-hydrogen) atoms. The standard InChI is InChI=1S/C14H19NO/c1-5-12(6-2)15-11(3)13-9-7-8-10-14(13)16-4/h5,7-10H,6H2,1-4H3/b12-5-,15-11+. The zero-order valence-corrected chi connectivity index (χ0v) is 10.4. The van der Waals surface area contributed by atoms with Gasteiger partial charge in [-0.3, -0.25) is 4.99 Å². The van der Waals surface area contributed by atoms with Crippen LogP contribution in [0.1, 0.15) is 32.8 Å². The molecule has 1 aromatic rings. The predicted molar refractivity (Wildman–Crippen MR) is 69.3 cm³/mol. The number of ether oxygens (including phenoxy) is 1. The maximum Gasteiger partial charge on any atom is 0.127 e. The smallest absolute Gasteiger partial charge is 0.127 e. The largest absolute Gasteiger partial charge is 0.496 e. The van der Waals surface area contributed by atoms with Gasteiger partial charge in [0.05, 0.1) is 7.11 Å². The monoisotopic (exact) mass is 217 g/mol. The maximum atomic E-state index is 5.32. The number of allylic oxidation sites excluding steroid dienone is 2. The molecule has 1 aromatic carbocycles. The van der Waals surface area contributed by atoms with Crippen molar-refractivity contribution in [3.8, 4) is 5.75 Å². The SMILES string of the molecule is C/C=C(CC)\N=C(/C)c1ccccc1OC. The number of aliphatic imine (C=N–C) groups is 1. The number of hydrogen-bond donors (Lipinski definition) is 0. The van der Waals surface area contributed by atoms with Crippen molar-refractivity contribution in [3.63, 3.8) is 0 Å². The van der Waals surface area contributed by atoms with E-state index in [-0.39, 0.29) is 0 Å². The minimum atomic E-state index is 0.871. The molecule has 0 saturated heterocycles. The Morgan fingerprint density at radius 1 is 1.38 bits per heavy atom. The van der Waals surface area contributed by atoms with Gasteiger partial charge in [0, 0.05) is 17.0 Å². The van der Waals surface area contributed by atoms with Crippen molar-refractivity contribution in [2.24, 2.45) is 4.99 Å². The average molecular weight is 217 g/mol. The Balaban J connectivity index is 3.08. The van der Waals surface area contributed by atoms with Crippen molar-refractivity contribution < 1.29 is 4.74 Å². The van der Waals surface area contributed by atoms with Crippen LogP contribution in [0.2, 0.25) is 0 Å². The van der Waals surface area contributed by atoms with E-state index in [9.17, 15) is 0 Å². The molecule has 0 atom stereocenters. The van der Waals surface area contributed by atoms with Crippen molar-refractivity contribution in [1.82, 2.24) is 0 Å². The van der Waals surface area contributed by atoms with Gasteiger partial charge in [-0.25, -0.2) is 0 Å². The van der Waals surface area contributed by atoms with Gasteiger partial charge in [0.1, 0.15) is 5.75 Å². The Hall–Kier alpha value is -1.57. The minimum absolute atomic E-state index is 0.871. The van der Waals surface area contributed by atoms with Crippen LogP contribution >= 0.6 is 0 Å². The Bertz CT molecular complexity index is 405. The highest BCUT2D eigenvalue weighted by Crippen LogP contribution is 2.19. The summed E-state index contributed by atoms with van der Waals surface area (Å²) >= 11 is 0. The summed E-state index contributed by atoms with van der Waals surface area (Å²) in [6.07, 6.45) is 2.99. The Morgan fingerprint density at radius 3 is 2.62 bits per heavy atom. The van der Waals surface area contributed by atoms with Gasteiger partial charge >= 0.3 is 0 Å². The van der Waals surface area contributed by atoms with E-state index >= 15 is 0 Å². The third kappa shape index (κ3) is 2.96. The summed E-state index contributed by atoms with van der Waals surface area (Å²) in [4.78, 5) is 4.59. The van der Waals surface area contributed by atoms with Crippen LogP contribution in [0.25, 0.3) is 0 Å². The summed E-state index contributed by atoms with van der Waals surface area (Å²) in [6, 6.07) is 7.94. The molecule has 0 unspecified atom stereocenters. The summed E-state index contributed by atoms with van der Waals surface area (Å²) < 4.78 is 5.32. The van der Waals surface area contributed by atoms with E-state index in [0.717, 1.165) is 29.1 Å². The molecule has 0 amide bonds. The van der Waals surface area contributed by atoms with E-state index in [1.807, 2.05) is 44.2 Å². The average Bonchev–Trinajstić information content (AvgIpc) is 2.35. The molecule has 0 aliphatic rings. The summed E-state index contributed by atoms with van der Waals surface area (Å²) in [7, 11) is 1.68. The van der Waals surface area contributed by atoms with Crippen LogP contribution in [0, 0.1) is 0 Å². The van der Waals surface area contributed by atoms with Gasteiger partial charge in [-0.2, -0.15) is 0 Å². The van der Waals surface area contributed by atoms with Gasteiger partial charge in [-0.05, 0) is 32.4 Å². The quantitative estimate of drug-likeness (QED) is 0.703. The second kappa shape index (κ2) is 6.11. The zero-order valence-electron chi connectivity index (χ0n) is 10.4. The van der Waals surface area contributed by atoms with Gasteiger partial charge in [0.25, 0.3) is 0 Å². The molecule has 2 heteroatoms. The fraction of sp³-hybridized carbons (Fsp3) is 0.357. The molecular formula is C14H19NO. The molecular weight excluding hydrogens is 198 g/mol. The number of rotatable bonds is 4. The highest BCUT2D eigenvalue weighted by atomic mass is 16.5. The van der Waals surface area contributed by atoms with Crippen LogP contribution < -0.4 is 4.74 Å². The molecule has 2 nitrogen and oxygen atoms in total. The molecule has 0 N–H and O–H groups in total. The molecule has 0 radical (unpaired) electrons. The van der Waals surface area contributed by atoms with E-state index in [1.54, 1.807) is 7.11 Å². The second-order valence-electron chi connectivity index (χ2n) is 3.53. The van der Waals surface area contributed by atoms with Crippen molar-refractivity contribution in [3.05, 3.63) is 41.6 Å². The lowest BCUT2D eigenvalue weighted by Gasteiger charge is -2.08. The number of methoxy groups -OCH3 is 1. The Morgan fingerprint density at radius 2 is 2.06 bits per heavy atom. The molecule has 1 rings (SSSR count). The number of benzene rings is 1. The van der Waals surface area contributed by atoms with Crippen molar-refractivity contribution in [2.75, 3.05) is 7.11 Å². The van der Waals surface area contributed by atoms with Crippen LogP contribution in [0.3, 0.4) is 0 Å². The van der Waals surface area contributed by atoms with Crippen LogP contribution in [0.5, 0.6) is 5.75 Å². The third-order valence-electron chi connectivity index (χ3n) is 2.50. The second-order valence-corrected chi connectivity index (χ2v) is 3.53. The first kappa shape index (κ1) is 12.5. The van der Waals surface area contributed by atoms with Crippen LogP contribution in [0.15, 0.2) is 41.0 Å². The van der Waals surface area contributed by atoms with Crippen molar-refractivity contribution in [2.45, 2.75) is 27.2 Å². The lowest BCUT2D eigenvalue weighted by atomic mass is 10.1. The molecule has 0 saturated carbocycles. The molecule has 0 aliphatic heterocycles. The minimum Gasteiger partial charge on any atom is -0.496 e. The Labute approximate surface area is 97.7 Å². The van der Waals surface area contributed by atoms with Crippen LogP contribution in [0.4, 0.5) is 0 Å². The molecule has 0 aromatic heterocycles. The molecule has 0 heterocycles. The van der Waals surface area contributed by atoms with E-state index in [1.165, 1.54) is 0 Å². The first-order valence-corrected chi connectivity index (χ1v) is 5.56. The first-order valence-electron chi connectivity index (χ1n) is 5.56. The molecule has 0 aliphatic carbocycles. The summed E-state index contributed by atoms with van der Waals surface area (Å²) in [6.45, 7) is 6.13. The van der Waals surface area contributed by atoms with Gasteiger partial charge in [0.15, 0.2) is 0 Å². The lowest BCUT2D eigenvalue weighted by molar-refractivity contribution is 0.414. The van der Waals surface area contributed by atoms with E-state index in [4.69, 9.17) is 4.74 Å². The van der Waals surface area contributed by atoms with E-state index in [0.29, 0.717) is 0 Å². The van der Waals surface area contributed by atoms with Crippen LogP contribution in [-0.2, 0) is 0 Å². The summed E-state index contributed by atoms with van der Waals surface area (Å²) in [5.41, 5.74) is 3.15. The molecule has 0 spiro atoms. The zero-order chi connectivity index (χ0) is 12.0. The van der Waals surface area contributed by atoms with Gasteiger partial charge in [-0.1, -0.05) is 25.1 Å². The molecule has 86 valence electrons. The first-order chi connectivity index (χ1) is 7.72. The normalized spacial score (nSPS) is 12.8. The Kier molecular flexibility index (Phi) is 4.77. The lowest BCUT2D eigenvalue weighted by Crippen LogP contribution is -1.99. The van der Waals surface area contributed by atoms with Crippen molar-refractivity contribution >= 4 is 5.71 Å². The van der Waals surface area contributed by atoms with E-state index in [2.05, 4.69) is 11.9 Å². The van der Waals surface area contributed by atoms with Gasteiger partial charge in [-0.15, -0.1) is 0 Å². The fourth-order valence-electron chi connectivity index (χ4n) is 1.57. The topological polar surface area (TPSA) is 21.6 Å². The third-order valence-corrected chi connectivity index (χ3v) is 2.50. The number of para-hydroxylation sites is 1. The predicted octanol–water partition coefficient (Wildman–Crippen LogP) is 3.82. The van der Waals surface area contributed by atoms with Gasteiger partial charge in [0.2, 0.25) is 0 Å². The van der Waals surface area contributed by atoms with Crippen molar-refractivity contribution in [1.29, 1.82) is 0 Å². The van der Waals surface area contributed by atoms with Gasteiger partial charge < -0.3 is 4.74 Å². The summed E-state index contributed by atoms with van der Waals surface area (Å²) in [5, 5.41) is 0. The maximum absolute atomic E-state index is 5.32. The fourth-order valence-corrected chi connectivity index (χ4v) is 1.57. The highest BCUT2D eigenvalue weighted by Gasteiger charge is 2.04. The van der Waals surface area contributed by atoms with Crippen LogP contribution in [-0.4, -0.2) is 12.8 Å².